The molecule has 2 aromatic rings. The molecule has 0 radical (unpaired) electrons. The van der Waals surface area contributed by atoms with Gasteiger partial charge in [0.1, 0.15) is 0 Å². The Labute approximate surface area is 139 Å². The molecule has 3 rings (SSSR count). The van der Waals surface area contributed by atoms with Crippen LogP contribution in [0, 0.1) is 12.3 Å². The van der Waals surface area contributed by atoms with E-state index in [-0.39, 0.29) is 11.7 Å². The minimum Gasteiger partial charge on any atom is -0.325 e. The maximum atomic E-state index is 12.1. The summed E-state index contributed by atoms with van der Waals surface area (Å²) < 4.78 is 1.85. The molecule has 1 aliphatic rings. The highest BCUT2D eigenvalue weighted by Gasteiger charge is 2.22. The van der Waals surface area contributed by atoms with E-state index in [0.717, 1.165) is 18.4 Å². The standard InChI is InChI=1S/C16H17N5OS/c1-2-12-6-5-7-13(10-12)17-15(22)11-23-16-18-19-20-21(16)14-8-3-4-9-14/h1,5-7,10,14H,3-4,8-9,11H2,(H,17,22). The van der Waals surface area contributed by atoms with Gasteiger partial charge in [-0.2, -0.15) is 0 Å². The van der Waals surface area contributed by atoms with Gasteiger partial charge in [-0.25, -0.2) is 4.68 Å². The maximum absolute atomic E-state index is 12.1. The summed E-state index contributed by atoms with van der Waals surface area (Å²) in [6.45, 7) is 0. The number of aromatic nitrogens is 4. The Bertz CT molecular complexity index is 730. The summed E-state index contributed by atoms with van der Waals surface area (Å²) in [6, 6.07) is 7.58. The van der Waals surface area contributed by atoms with Gasteiger partial charge in [-0.05, 0) is 41.5 Å². The van der Waals surface area contributed by atoms with Crippen LogP contribution in [0.3, 0.4) is 0 Å². The van der Waals surface area contributed by atoms with Crippen molar-refractivity contribution in [2.75, 3.05) is 11.1 Å². The Morgan fingerprint density at radius 1 is 1.43 bits per heavy atom. The van der Waals surface area contributed by atoms with Crippen molar-refractivity contribution in [3.05, 3.63) is 29.8 Å². The van der Waals surface area contributed by atoms with Crippen LogP contribution in [0.2, 0.25) is 0 Å². The average Bonchev–Trinajstić information content (AvgIpc) is 3.24. The number of benzene rings is 1. The molecule has 0 atom stereocenters. The summed E-state index contributed by atoms with van der Waals surface area (Å²) in [5, 5.41) is 15.4. The summed E-state index contributed by atoms with van der Waals surface area (Å²) in [7, 11) is 0. The van der Waals surface area contributed by atoms with Gasteiger partial charge in [0.2, 0.25) is 11.1 Å². The lowest BCUT2D eigenvalue weighted by Gasteiger charge is -2.10. The van der Waals surface area contributed by atoms with Crippen LogP contribution in [-0.4, -0.2) is 31.9 Å². The fourth-order valence-corrected chi connectivity index (χ4v) is 3.42. The summed E-state index contributed by atoms with van der Waals surface area (Å²) in [6.07, 6.45) is 9.98. The number of nitrogens with one attached hydrogen (secondary N) is 1. The number of hydrogen-bond acceptors (Lipinski definition) is 5. The molecule has 1 aliphatic carbocycles. The fraction of sp³-hybridized carbons (Fsp3) is 0.375. The molecule has 1 saturated carbocycles. The summed E-state index contributed by atoms with van der Waals surface area (Å²) in [4.78, 5) is 12.1. The number of terminal acetylenes is 1. The second-order valence-corrected chi connectivity index (χ2v) is 6.35. The van der Waals surface area contributed by atoms with Crippen LogP contribution in [0.1, 0.15) is 37.3 Å². The highest BCUT2D eigenvalue weighted by molar-refractivity contribution is 7.99. The number of carbonyl (C=O) groups excluding carboxylic acids is 1. The van der Waals surface area contributed by atoms with E-state index >= 15 is 0 Å². The van der Waals surface area contributed by atoms with Crippen molar-refractivity contribution in [1.29, 1.82) is 0 Å². The molecule has 1 fully saturated rings. The third-order valence-corrected chi connectivity index (χ3v) is 4.71. The SMILES string of the molecule is C#Cc1cccc(NC(=O)CSc2nnnn2C2CCCC2)c1. The van der Waals surface area contributed by atoms with Gasteiger partial charge in [0.15, 0.2) is 0 Å². The van der Waals surface area contributed by atoms with Gasteiger partial charge in [0, 0.05) is 11.3 Å². The van der Waals surface area contributed by atoms with Gasteiger partial charge in [-0.3, -0.25) is 4.79 Å². The highest BCUT2D eigenvalue weighted by Crippen LogP contribution is 2.31. The van der Waals surface area contributed by atoms with Crippen LogP contribution in [0.5, 0.6) is 0 Å². The number of rotatable bonds is 5. The first kappa shape index (κ1) is 15.6. The summed E-state index contributed by atoms with van der Waals surface area (Å²) in [5.41, 5.74) is 1.43. The van der Waals surface area contributed by atoms with Gasteiger partial charge in [0.25, 0.3) is 0 Å². The first-order chi connectivity index (χ1) is 11.3. The minimum absolute atomic E-state index is 0.106. The molecular weight excluding hydrogens is 310 g/mol. The topological polar surface area (TPSA) is 72.7 Å². The molecule has 6 nitrogen and oxygen atoms in total. The van der Waals surface area contributed by atoms with Crippen molar-refractivity contribution in [3.8, 4) is 12.3 Å². The molecule has 118 valence electrons. The molecule has 1 aromatic carbocycles. The maximum Gasteiger partial charge on any atom is 0.234 e. The van der Waals surface area contributed by atoms with Crippen LogP contribution in [-0.2, 0) is 4.79 Å². The second kappa shape index (κ2) is 7.29. The van der Waals surface area contributed by atoms with E-state index in [4.69, 9.17) is 6.42 Å². The molecule has 1 amide bonds. The molecule has 0 bridgehead atoms. The zero-order chi connectivity index (χ0) is 16.1. The van der Waals surface area contributed by atoms with Crippen LogP contribution >= 0.6 is 11.8 Å². The van der Waals surface area contributed by atoms with Crippen molar-refractivity contribution in [2.45, 2.75) is 36.9 Å². The van der Waals surface area contributed by atoms with E-state index in [2.05, 4.69) is 26.8 Å². The monoisotopic (exact) mass is 327 g/mol. The van der Waals surface area contributed by atoms with Crippen LogP contribution in [0.4, 0.5) is 5.69 Å². The van der Waals surface area contributed by atoms with Gasteiger partial charge >= 0.3 is 0 Å². The van der Waals surface area contributed by atoms with Crippen LogP contribution in [0.15, 0.2) is 29.4 Å². The lowest BCUT2D eigenvalue weighted by Crippen LogP contribution is -2.15. The zero-order valence-electron chi connectivity index (χ0n) is 12.6. The third-order valence-electron chi connectivity index (χ3n) is 3.78. The van der Waals surface area contributed by atoms with Crippen LogP contribution < -0.4 is 5.32 Å². The zero-order valence-corrected chi connectivity index (χ0v) is 13.4. The quantitative estimate of drug-likeness (QED) is 0.675. The first-order valence-electron chi connectivity index (χ1n) is 7.53. The average molecular weight is 327 g/mol. The Morgan fingerprint density at radius 2 is 2.26 bits per heavy atom. The molecule has 0 unspecified atom stereocenters. The Hall–Kier alpha value is -2.33. The number of anilines is 1. The van der Waals surface area contributed by atoms with E-state index in [9.17, 15) is 4.79 Å². The molecule has 1 heterocycles. The number of thioether (sulfide) groups is 1. The molecule has 0 saturated heterocycles. The summed E-state index contributed by atoms with van der Waals surface area (Å²) >= 11 is 1.35. The predicted molar refractivity (Wildman–Crippen MR) is 89.1 cm³/mol. The van der Waals surface area contributed by atoms with Gasteiger partial charge < -0.3 is 5.32 Å². The van der Waals surface area contributed by atoms with Crippen molar-refractivity contribution in [2.24, 2.45) is 0 Å². The van der Waals surface area contributed by atoms with Crippen LogP contribution in [0.25, 0.3) is 0 Å². The number of carbonyl (C=O) groups is 1. The second-order valence-electron chi connectivity index (χ2n) is 5.41. The minimum atomic E-state index is -0.106. The molecule has 7 heteroatoms. The molecule has 1 aromatic heterocycles. The van der Waals surface area contributed by atoms with Crippen molar-refractivity contribution in [1.82, 2.24) is 20.2 Å². The van der Waals surface area contributed by atoms with E-state index in [1.54, 1.807) is 6.07 Å². The largest absolute Gasteiger partial charge is 0.325 e. The number of tetrazole rings is 1. The van der Waals surface area contributed by atoms with Gasteiger partial charge in [-0.15, -0.1) is 11.5 Å². The Kier molecular flexibility index (Phi) is 4.93. The van der Waals surface area contributed by atoms with E-state index < -0.39 is 0 Å². The lowest BCUT2D eigenvalue weighted by atomic mass is 10.2. The summed E-state index contributed by atoms with van der Waals surface area (Å²) in [5.74, 6) is 2.70. The number of hydrogen-bond donors (Lipinski definition) is 1. The van der Waals surface area contributed by atoms with Crippen molar-refractivity contribution < 1.29 is 4.79 Å². The van der Waals surface area contributed by atoms with Crippen molar-refractivity contribution >= 4 is 23.4 Å². The number of amides is 1. The van der Waals surface area contributed by atoms with Crippen molar-refractivity contribution in [3.63, 3.8) is 0 Å². The van der Waals surface area contributed by atoms with Gasteiger partial charge in [-0.1, -0.05) is 36.6 Å². The fourth-order valence-electron chi connectivity index (χ4n) is 2.67. The van der Waals surface area contributed by atoms with E-state index in [0.29, 0.717) is 16.9 Å². The first-order valence-corrected chi connectivity index (χ1v) is 8.52. The smallest absolute Gasteiger partial charge is 0.234 e. The van der Waals surface area contributed by atoms with Gasteiger partial charge in [0.05, 0.1) is 11.8 Å². The predicted octanol–water partition coefficient (Wildman–Crippen LogP) is 2.50. The molecule has 0 aliphatic heterocycles. The Morgan fingerprint density at radius 3 is 3.04 bits per heavy atom. The highest BCUT2D eigenvalue weighted by atomic mass is 32.2. The van der Waals surface area contributed by atoms with E-state index in [1.807, 2.05) is 22.9 Å². The Balaban J connectivity index is 1.57. The molecule has 23 heavy (non-hydrogen) atoms. The number of nitrogens with zero attached hydrogens (tertiary/aromatic N) is 4. The normalized spacial score (nSPS) is 14.6. The van der Waals surface area contributed by atoms with E-state index in [1.165, 1.54) is 24.6 Å². The third kappa shape index (κ3) is 3.90. The molecule has 0 spiro atoms. The molecule has 1 N–H and O–H groups in total. The molecular formula is C16H17N5OS. The lowest BCUT2D eigenvalue weighted by molar-refractivity contribution is -0.113.